The van der Waals surface area contributed by atoms with Crippen LogP contribution < -0.4 is 5.73 Å². The number of aromatic nitrogens is 2. The summed E-state index contributed by atoms with van der Waals surface area (Å²) in [5, 5.41) is 4.38. The molecule has 1 atom stereocenters. The van der Waals surface area contributed by atoms with Crippen molar-refractivity contribution in [2.45, 2.75) is 25.8 Å². The average Bonchev–Trinajstić information content (AvgIpc) is 2.93. The summed E-state index contributed by atoms with van der Waals surface area (Å²) >= 11 is 0. The van der Waals surface area contributed by atoms with E-state index in [1.807, 2.05) is 41.0 Å². The van der Waals surface area contributed by atoms with Crippen molar-refractivity contribution in [3.63, 3.8) is 0 Å². The number of halogens is 2. The van der Waals surface area contributed by atoms with Gasteiger partial charge in [0.15, 0.2) is 0 Å². The lowest BCUT2D eigenvalue weighted by molar-refractivity contribution is 0.0673. The molecule has 0 saturated carbocycles. The number of carbonyl (C=O) groups is 1. The number of hydrogen-bond acceptors (Lipinski definition) is 3. The number of nitrogens with zero attached hydrogens (tertiary/aromatic N) is 3. The first-order chi connectivity index (χ1) is 10.1. The van der Waals surface area contributed by atoms with Gasteiger partial charge in [-0.1, -0.05) is 6.07 Å². The Labute approximate surface area is 148 Å². The van der Waals surface area contributed by atoms with Gasteiger partial charge in [0.25, 0.3) is 5.91 Å². The van der Waals surface area contributed by atoms with E-state index >= 15 is 0 Å². The van der Waals surface area contributed by atoms with E-state index in [9.17, 15) is 4.79 Å². The highest BCUT2D eigenvalue weighted by Gasteiger charge is 2.25. The zero-order chi connectivity index (χ0) is 14.8. The first-order valence-electron chi connectivity index (χ1n) is 7.29. The van der Waals surface area contributed by atoms with Crippen molar-refractivity contribution < 1.29 is 4.79 Å². The second kappa shape index (κ2) is 8.22. The largest absolute Gasteiger partial charge is 0.399 e. The summed E-state index contributed by atoms with van der Waals surface area (Å²) in [5.41, 5.74) is 8.19. The number of carbonyl (C=O) groups excluding carboxylic acids is 1. The van der Waals surface area contributed by atoms with Gasteiger partial charge in [0.2, 0.25) is 0 Å². The molecule has 1 aromatic carbocycles. The fraction of sp³-hybridized carbons (Fsp3) is 0.375. The third-order valence-corrected chi connectivity index (χ3v) is 3.92. The number of amides is 1. The average molecular weight is 357 g/mol. The smallest absolute Gasteiger partial charge is 0.254 e. The molecule has 126 valence electrons. The first kappa shape index (κ1) is 19.3. The Hall–Kier alpha value is -1.72. The van der Waals surface area contributed by atoms with Crippen LogP contribution in [0.25, 0.3) is 0 Å². The normalized spacial score (nSPS) is 17.1. The number of hydrogen-bond donors (Lipinski definition) is 1. The third-order valence-electron chi connectivity index (χ3n) is 3.92. The Balaban J connectivity index is 0.00000132. The van der Waals surface area contributed by atoms with Crippen molar-refractivity contribution in [3.05, 3.63) is 47.8 Å². The summed E-state index contributed by atoms with van der Waals surface area (Å²) in [6.07, 6.45) is 5.96. The summed E-state index contributed by atoms with van der Waals surface area (Å²) in [5.74, 6) is 0.0517. The maximum absolute atomic E-state index is 12.6. The van der Waals surface area contributed by atoms with Gasteiger partial charge in [-0.3, -0.25) is 9.48 Å². The number of nitrogen functional groups attached to an aromatic ring is 1. The van der Waals surface area contributed by atoms with Crippen molar-refractivity contribution in [2.75, 3.05) is 18.8 Å². The lowest BCUT2D eigenvalue weighted by Crippen LogP contribution is -2.40. The van der Waals surface area contributed by atoms with Crippen molar-refractivity contribution in [1.82, 2.24) is 14.7 Å². The van der Waals surface area contributed by atoms with E-state index in [1.165, 1.54) is 0 Å². The van der Waals surface area contributed by atoms with Gasteiger partial charge in [0, 0.05) is 30.5 Å². The zero-order valence-corrected chi connectivity index (χ0v) is 14.6. The molecule has 0 bridgehead atoms. The number of anilines is 1. The van der Waals surface area contributed by atoms with Crippen LogP contribution in [0.3, 0.4) is 0 Å². The minimum atomic E-state index is 0. The van der Waals surface area contributed by atoms with E-state index in [4.69, 9.17) is 5.73 Å². The molecular weight excluding hydrogens is 335 g/mol. The summed E-state index contributed by atoms with van der Waals surface area (Å²) in [7, 11) is 0. The molecule has 1 aliphatic rings. The van der Waals surface area contributed by atoms with Gasteiger partial charge in [-0.2, -0.15) is 5.10 Å². The van der Waals surface area contributed by atoms with Crippen LogP contribution in [0.15, 0.2) is 36.7 Å². The highest BCUT2D eigenvalue weighted by Crippen LogP contribution is 2.23. The molecule has 3 rings (SSSR count). The van der Waals surface area contributed by atoms with Gasteiger partial charge in [-0.15, -0.1) is 24.8 Å². The van der Waals surface area contributed by atoms with Crippen molar-refractivity contribution in [3.8, 4) is 0 Å². The Morgan fingerprint density at radius 2 is 2.13 bits per heavy atom. The monoisotopic (exact) mass is 356 g/mol. The molecule has 1 amide bonds. The van der Waals surface area contributed by atoms with E-state index in [1.54, 1.807) is 12.1 Å². The molecule has 2 N–H and O–H groups in total. The highest BCUT2D eigenvalue weighted by molar-refractivity contribution is 5.95. The Kier molecular flexibility index (Phi) is 6.91. The molecule has 2 aromatic rings. The Morgan fingerprint density at radius 3 is 2.78 bits per heavy atom. The number of benzene rings is 1. The van der Waals surface area contributed by atoms with Crippen molar-refractivity contribution in [1.29, 1.82) is 0 Å². The number of nitrogens with two attached hydrogens (primary N) is 1. The number of likely N-dealkylation sites (tertiary alicyclic amines) is 1. The second-order valence-electron chi connectivity index (χ2n) is 5.67. The number of piperidine rings is 1. The molecule has 1 aromatic heterocycles. The summed E-state index contributed by atoms with van der Waals surface area (Å²) in [6.45, 7) is 3.53. The van der Waals surface area contributed by atoms with Crippen LogP contribution in [0, 0.1) is 6.92 Å². The summed E-state index contributed by atoms with van der Waals surface area (Å²) < 4.78 is 1.98. The minimum Gasteiger partial charge on any atom is -0.399 e. The second-order valence-corrected chi connectivity index (χ2v) is 5.67. The molecule has 1 fully saturated rings. The lowest BCUT2D eigenvalue weighted by atomic mass is 10.0. The van der Waals surface area contributed by atoms with E-state index < -0.39 is 0 Å². The van der Waals surface area contributed by atoms with Gasteiger partial charge in [-0.05, 0) is 43.5 Å². The maximum atomic E-state index is 12.6. The number of rotatable bonds is 2. The fourth-order valence-corrected chi connectivity index (χ4v) is 2.84. The van der Waals surface area contributed by atoms with Crippen LogP contribution in [0.5, 0.6) is 0 Å². The molecule has 0 spiro atoms. The van der Waals surface area contributed by atoms with Crippen LogP contribution in [0.4, 0.5) is 5.69 Å². The summed E-state index contributed by atoms with van der Waals surface area (Å²) in [6, 6.07) is 7.44. The zero-order valence-electron chi connectivity index (χ0n) is 13.0. The van der Waals surface area contributed by atoms with E-state index in [-0.39, 0.29) is 36.8 Å². The van der Waals surface area contributed by atoms with Gasteiger partial charge in [0.1, 0.15) is 0 Å². The molecular formula is C16H22Cl2N4O. The quantitative estimate of drug-likeness (QED) is 0.840. The molecule has 1 saturated heterocycles. The van der Waals surface area contributed by atoms with Gasteiger partial charge in [-0.25, -0.2) is 0 Å². The van der Waals surface area contributed by atoms with Crippen molar-refractivity contribution >= 4 is 36.4 Å². The molecule has 23 heavy (non-hydrogen) atoms. The molecule has 2 heterocycles. The van der Waals surface area contributed by atoms with Crippen LogP contribution >= 0.6 is 24.8 Å². The molecule has 0 aliphatic carbocycles. The van der Waals surface area contributed by atoms with Gasteiger partial charge < -0.3 is 10.6 Å². The summed E-state index contributed by atoms with van der Waals surface area (Å²) in [4.78, 5) is 14.5. The van der Waals surface area contributed by atoms with Crippen LogP contribution in [0.2, 0.25) is 0 Å². The van der Waals surface area contributed by atoms with Crippen LogP contribution in [-0.2, 0) is 0 Å². The topological polar surface area (TPSA) is 64.2 Å². The van der Waals surface area contributed by atoms with Crippen LogP contribution in [-0.4, -0.2) is 33.7 Å². The van der Waals surface area contributed by atoms with E-state index in [0.29, 0.717) is 17.8 Å². The SMILES string of the molecule is Cc1cnn(C2CCCN(C(=O)c3cccc(N)c3)C2)c1.Cl.Cl. The molecule has 1 unspecified atom stereocenters. The molecule has 5 nitrogen and oxygen atoms in total. The molecule has 0 radical (unpaired) electrons. The van der Waals surface area contributed by atoms with Gasteiger partial charge in [0.05, 0.1) is 12.2 Å². The molecule has 1 aliphatic heterocycles. The fourth-order valence-electron chi connectivity index (χ4n) is 2.84. The van der Waals surface area contributed by atoms with Crippen molar-refractivity contribution in [2.24, 2.45) is 0 Å². The lowest BCUT2D eigenvalue weighted by Gasteiger charge is -2.33. The first-order valence-corrected chi connectivity index (χ1v) is 7.29. The third kappa shape index (κ3) is 4.39. The van der Waals surface area contributed by atoms with E-state index in [2.05, 4.69) is 5.10 Å². The molecule has 7 heteroatoms. The highest BCUT2D eigenvalue weighted by atomic mass is 35.5. The standard InChI is InChI=1S/C16H20N4O.2ClH/c1-12-9-18-20(10-12)15-6-3-7-19(11-15)16(21)13-4-2-5-14(17)8-13;;/h2,4-5,8-10,15H,3,6-7,11,17H2,1H3;2*1H. The van der Waals surface area contributed by atoms with E-state index in [0.717, 1.165) is 24.9 Å². The van der Waals surface area contributed by atoms with Crippen LogP contribution in [0.1, 0.15) is 34.8 Å². The minimum absolute atomic E-state index is 0. The Morgan fingerprint density at radius 1 is 1.35 bits per heavy atom. The Bertz CT molecular complexity index is 659. The van der Waals surface area contributed by atoms with Gasteiger partial charge >= 0.3 is 0 Å². The predicted octanol–water partition coefficient (Wildman–Crippen LogP) is 3.09. The number of aryl methyl sites for hydroxylation is 1. The maximum Gasteiger partial charge on any atom is 0.254 e. The predicted molar refractivity (Wildman–Crippen MR) is 96.5 cm³/mol.